The van der Waals surface area contributed by atoms with Crippen LogP contribution in [0.25, 0.3) is 0 Å². The Bertz CT molecular complexity index is 524. The van der Waals surface area contributed by atoms with E-state index in [1.54, 1.807) is 0 Å². The standard InChI is InChI=1S/C17H21N/c1-12(2)15-9-7-14(8-10-15)11-16-5-4-6-17(18)13(16)3/h4-10,12H,11,18H2,1-3H3. The zero-order valence-electron chi connectivity index (χ0n) is 11.4. The molecule has 0 aliphatic rings. The fourth-order valence-corrected chi connectivity index (χ4v) is 2.14. The molecule has 2 rings (SSSR count). The van der Waals surface area contributed by atoms with Crippen LogP contribution in [0.1, 0.15) is 42.0 Å². The van der Waals surface area contributed by atoms with Gasteiger partial charge in [-0.2, -0.15) is 0 Å². The molecule has 2 N–H and O–H groups in total. The number of anilines is 1. The van der Waals surface area contributed by atoms with Crippen LogP contribution < -0.4 is 5.73 Å². The van der Waals surface area contributed by atoms with Crippen LogP contribution in [0.3, 0.4) is 0 Å². The topological polar surface area (TPSA) is 26.0 Å². The van der Waals surface area contributed by atoms with Gasteiger partial charge in [0.2, 0.25) is 0 Å². The van der Waals surface area contributed by atoms with Crippen molar-refractivity contribution >= 4 is 5.69 Å². The van der Waals surface area contributed by atoms with Gasteiger partial charge in [-0.3, -0.25) is 0 Å². The maximum absolute atomic E-state index is 5.94. The van der Waals surface area contributed by atoms with Gasteiger partial charge in [0.05, 0.1) is 0 Å². The third kappa shape index (κ3) is 2.73. The molecule has 0 saturated heterocycles. The molecule has 0 fully saturated rings. The maximum Gasteiger partial charge on any atom is 0.0346 e. The Labute approximate surface area is 110 Å². The first-order valence-electron chi connectivity index (χ1n) is 6.50. The first-order valence-corrected chi connectivity index (χ1v) is 6.50. The molecule has 2 aromatic rings. The number of nitrogen functional groups attached to an aromatic ring is 1. The van der Waals surface area contributed by atoms with Crippen LogP contribution >= 0.6 is 0 Å². The van der Waals surface area contributed by atoms with Crippen molar-refractivity contribution < 1.29 is 0 Å². The summed E-state index contributed by atoms with van der Waals surface area (Å²) in [5.41, 5.74) is 12.1. The lowest BCUT2D eigenvalue weighted by atomic mass is 9.96. The Morgan fingerprint density at radius 3 is 2.28 bits per heavy atom. The van der Waals surface area contributed by atoms with Gasteiger partial charge in [-0.1, -0.05) is 50.2 Å². The Balaban J connectivity index is 2.21. The summed E-state index contributed by atoms with van der Waals surface area (Å²) in [6.07, 6.45) is 0.954. The second-order valence-corrected chi connectivity index (χ2v) is 5.20. The molecule has 1 nitrogen and oxygen atoms in total. The second kappa shape index (κ2) is 5.26. The maximum atomic E-state index is 5.94. The Hall–Kier alpha value is -1.76. The molecule has 0 aliphatic carbocycles. The lowest BCUT2D eigenvalue weighted by Crippen LogP contribution is -1.97. The van der Waals surface area contributed by atoms with E-state index in [-0.39, 0.29) is 0 Å². The molecule has 0 bridgehead atoms. The van der Waals surface area contributed by atoms with Crippen molar-refractivity contribution in [2.45, 2.75) is 33.1 Å². The van der Waals surface area contributed by atoms with Gasteiger partial charge >= 0.3 is 0 Å². The van der Waals surface area contributed by atoms with Crippen molar-refractivity contribution in [1.29, 1.82) is 0 Å². The van der Waals surface area contributed by atoms with E-state index in [4.69, 9.17) is 5.73 Å². The quantitative estimate of drug-likeness (QED) is 0.794. The summed E-state index contributed by atoms with van der Waals surface area (Å²) < 4.78 is 0. The van der Waals surface area contributed by atoms with E-state index in [1.807, 2.05) is 12.1 Å². The van der Waals surface area contributed by atoms with Crippen LogP contribution in [0, 0.1) is 6.92 Å². The monoisotopic (exact) mass is 239 g/mol. The number of hydrogen-bond acceptors (Lipinski definition) is 1. The van der Waals surface area contributed by atoms with Gasteiger partial charge in [0.1, 0.15) is 0 Å². The first-order chi connectivity index (χ1) is 8.58. The second-order valence-electron chi connectivity index (χ2n) is 5.20. The molecular weight excluding hydrogens is 218 g/mol. The van der Waals surface area contributed by atoms with Crippen molar-refractivity contribution in [2.24, 2.45) is 0 Å². The summed E-state index contributed by atoms with van der Waals surface area (Å²) >= 11 is 0. The average Bonchev–Trinajstić information content (AvgIpc) is 2.36. The van der Waals surface area contributed by atoms with Crippen molar-refractivity contribution in [3.63, 3.8) is 0 Å². The minimum atomic E-state index is 0.591. The zero-order valence-corrected chi connectivity index (χ0v) is 11.4. The van der Waals surface area contributed by atoms with Crippen molar-refractivity contribution in [3.8, 4) is 0 Å². The average molecular weight is 239 g/mol. The molecule has 0 heterocycles. The van der Waals surface area contributed by atoms with E-state index in [0.29, 0.717) is 5.92 Å². The Morgan fingerprint density at radius 2 is 1.67 bits per heavy atom. The van der Waals surface area contributed by atoms with E-state index >= 15 is 0 Å². The van der Waals surface area contributed by atoms with Crippen molar-refractivity contribution in [1.82, 2.24) is 0 Å². The summed E-state index contributed by atoms with van der Waals surface area (Å²) in [5, 5.41) is 0. The zero-order chi connectivity index (χ0) is 13.1. The van der Waals surface area contributed by atoms with Crippen LogP contribution in [0.5, 0.6) is 0 Å². The lowest BCUT2D eigenvalue weighted by molar-refractivity contribution is 0.865. The molecule has 0 aromatic heterocycles. The molecule has 1 heteroatoms. The molecule has 0 aliphatic heterocycles. The summed E-state index contributed by atoms with van der Waals surface area (Å²) in [5.74, 6) is 0.591. The summed E-state index contributed by atoms with van der Waals surface area (Å²) in [7, 11) is 0. The predicted octanol–water partition coefficient (Wildman–Crippen LogP) is 4.29. The van der Waals surface area contributed by atoms with Crippen LogP contribution in [-0.2, 0) is 6.42 Å². The largest absolute Gasteiger partial charge is 0.399 e. The molecule has 18 heavy (non-hydrogen) atoms. The van der Waals surface area contributed by atoms with Crippen LogP contribution in [0.4, 0.5) is 5.69 Å². The normalized spacial score (nSPS) is 10.9. The Morgan fingerprint density at radius 1 is 1.00 bits per heavy atom. The minimum absolute atomic E-state index is 0.591. The summed E-state index contributed by atoms with van der Waals surface area (Å²) in [4.78, 5) is 0. The van der Waals surface area contributed by atoms with E-state index in [0.717, 1.165) is 12.1 Å². The summed E-state index contributed by atoms with van der Waals surface area (Å²) in [6, 6.07) is 15.0. The molecular formula is C17H21N. The van der Waals surface area contributed by atoms with Gasteiger partial charge in [-0.25, -0.2) is 0 Å². The van der Waals surface area contributed by atoms with Gasteiger partial charge in [0.25, 0.3) is 0 Å². The first kappa shape index (κ1) is 12.7. The van der Waals surface area contributed by atoms with E-state index in [1.165, 1.54) is 22.3 Å². The third-order valence-electron chi connectivity index (χ3n) is 3.53. The molecule has 0 unspecified atom stereocenters. The Kier molecular flexibility index (Phi) is 3.71. The number of benzene rings is 2. The van der Waals surface area contributed by atoms with E-state index in [9.17, 15) is 0 Å². The van der Waals surface area contributed by atoms with E-state index < -0.39 is 0 Å². The predicted molar refractivity (Wildman–Crippen MR) is 78.9 cm³/mol. The highest BCUT2D eigenvalue weighted by Gasteiger charge is 2.03. The minimum Gasteiger partial charge on any atom is -0.399 e. The van der Waals surface area contributed by atoms with Crippen LogP contribution in [-0.4, -0.2) is 0 Å². The highest BCUT2D eigenvalue weighted by Crippen LogP contribution is 2.20. The molecule has 94 valence electrons. The molecule has 0 saturated carbocycles. The number of hydrogen-bond donors (Lipinski definition) is 1. The van der Waals surface area contributed by atoms with Crippen LogP contribution in [0.2, 0.25) is 0 Å². The summed E-state index contributed by atoms with van der Waals surface area (Å²) in [6.45, 7) is 6.53. The van der Waals surface area contributed by atoms with Gasteiger partial charge in [0, 0.05) is 5.69 Å². The third-order valence-corrected chi connectivity index (χ3v) is 3.53. The van der Waals surface area contributed by atoms with Crippen molar-refractivity contribution in [3.05, 3.63) is 64.7 Å². The molecule has 2 aromatic carbocycles. The highest BCUT2D eigenvalue weighted by molar-refractivity contribution is 5.51. The molecule has 0 amide bonds. The molecule has 0 spiro atoms. The number of rotatable bonds is 3. The molecule has 0 atom stereocenters. The van der Waals surface area contributed by atoms with Gasteiger partial charge < -0.3 is 5.73 Å². The highest BCUT2D eigenvalue weighted by atomic mass is 14.6. The van der Waals surface area contributed by atoms with Gasteiger partial charge in [-0.05, 0) is 47.6 Å². The fourth-order valence-electron chi connectivity index (χ4n) is 2.14. The number of nitrogens with two attached hydrogens (primary N) is 1. The fraction of sp³-hybridized carbons (Fsp3) is 0.294. The lowest BCUT2D eigenvalue weighted by Gasteiger charge is -2.10. The van der Waals surface area contributed by atoms with Crippen molar-refractivity contribution in [2.75, 3.05) is 5.73 Å². The SMILES string of the molecule is Cc1c(N)cccc1Cc1ccc(C(C)C)cc1. The molecule has 0 radical (unpaired) electrons. The van der Waals surface area contributed by atoms with Gasteiger partial charge in [0.15, 0.2) is 0 Å². The van der Waals surface area contributed by atoms with Gasteiger partial charge in [-0.15, -0.1) is 0 Å². The smallest absolute Gasteiger partial charge is 0.0346 e. The van der Waals surface area contributed by atoms with Crippen LogP contribution in [0.15, 0.2) is 42.5 Å². The van der Waals surface area contributed by atoms with E-state index in [2.05, 4.69) is 51.1 Å².